The van der Waals surface area contributed by atoms with Gasteiger partial charge in [0.1, 0.15) is 18.4 Å². The molecule has 0 radical (unpaired) electrons. The number of hydrogen-bond acceptors (Lipinski definition) is 3. The van der Waals surface area contributed by atoms with Crippen LogP contribution in [0.25, 0.3) is 0 Å². The number of isocyanates is 1. The quantitative estimate of drug-likeness (QED) is 0.568. The van der Waals surface area contributed by atoms with Gasteiger partial charge in [0.2, 0.25) is 6.08 Å². The van der Waals surface area contributed by atoms with Gasteiger partial charge in [-0.05, 0) is 27.6 Å². The number of rotatable bonds is 1. The van der Waals surface area contributed by atoms with Crippen LogP contribution in [-0.2, 0) is 11.2 Å². The Bertz CT molecular complexity index is 399. The van der Waals surface area contributed by atoms with Gasteiger partial charge in [-0.15, -0.1) is 0 Å². The number of para-hydroxylation sites is 1. The summed E-state index contributed by atoms with van der Waals surface area (Å²) < 4.78 is 6.45. The molecule has 1 aromatic rings. The molecule has 2 rings (SSSR count). The molecule has 1 atom stereocenters. The van der Waals surface area contributed by atoms with Crippen LogP contribution in [-0.4, -0.2) is 18.7 Å². The maximum Gasteiger partial charge on any atom is 0.235 e. The third kappa shape index (κ3) is 1.72. The first kappa shape index (κ1) is 9.44. The zero-order chi connectivity index (χ0) is 9.97. The molecule has 1 aromatic carbocycles. The summed E-state index contributed by atoms with van der Waals surface area (Å²) in [5.41, 5.74) is 1.08. The zero-order valence-corrected chi connectivity index (χ0v) is 8.95. The van der Waals surface area contributed by atoms with E-state index in [0.717, 1.165) is 22.2 Å². The highest BCUT2D eigenvalue weighted by molar-refractivity contribution is 9.10. The van der Waals surface area contributed by atoms with Gasteiger partial charge in [0.25, 0.3) is 0 Å². The van der Waals surface area contributed by atoms with E-state index in [1.807, 2.05) is 18.2 Å². The lowest BCUT2D eigenvalue weighted by Crippen LogP contribution is -2.24. The first-order valence-corrected chi connectivity index (χ1v) is 5.07. The third-order valence-corrected chi connectivity index (χ3v) is 2.78. The molecule has 1 aliphatic heterocycles. The highest BCUT2D eigenvalue weighted by Crippen LogP contribution is 2.33. The van der Waals surface area contributed by atoms with E-state index in [9.17, 15) is 4.79 Å². The van der Waals surface area contributed by atoms with Crippen LogP contribution in [0.1, 0.15) is 5.56 Å². The first-order chi connectivity index (χ1) is 6.81. The Hall–Kier alpha value is -1.12. The minimum Gasteiger partial charge on any atom is -0.490 e. The summed E-state index contributed by atoms with van der Waals surface area (Å²) in [5.74, 6) is 0.866. The van der Waals surface area contributed by atoms with Crippen molar-refractivity contribution in [2.24, 2.45) is 4.99 Å². The first-order valence-electron chi connectivity index (χ1n) is 4.28. The summed E-state index contributed by atoms with van der Waals surface area (Å²) in [6, 6.07) is 5.77. The number of ether oxygens (including phenoxy) is 1. The molecule has 0 amide bonds. The van der Waals surface area contributed by atoms with Crippen LogP contribution in [0.5, 0.6) is 5.75 Å². The summed E-state index contributed by atoms with van der Waals surface area (Å²) in [6.45, 7) is 0.449. The predicted octanol–water partition coefficient (Wildman–Crippen LogP) is 2.09. The summed E-state index contributed by atoms with van der Waals surface area (Å²) in [5, 5.41) is 0. The normalized spacial score (nSPS) is 19.1. The van der Waals surface area contributed by atoms with E-state index in [4.69, 9.17) is 4.74 Å². The highest BCUT2D eigenvalue weighted by Gasteiger charge is 2.20. The molecular weight excluding hydrogens is 246 g/mol. The van der Waals surface area contributed by atoms with Crippen LogP contribution in [0.3, 0.4) is 0 Å². The maximum absolute atomic E-state index is 10.1. The molecule has 0 saturated carbocycles. The van der Waals surface area contributed by atoms with Gasteiger partial charge in [-0.25, -0.2) is 4.79 Å². The predicted molar refractivity (Wildman–Crippen MR) is 55.3 cm³/mol. The summed E-state index contributed by atoms with van der Waals surface area (Å²) in [7, 11) is 0. The van der Waals surface area contributed by atoms with E-state index in [-0.39, 0.29) is 6.04 Å². The molecule has 0 spiro atoms. The monoisotopic (exact) mass is 253 g/mol. The molecule has 0 aromatic heterocycles. The molecule has 1 heterocycles. The largest absolute Gasteiger partial charge is 0.490 e. The Morgan fingerprint density at radius 3 is 3.21 bits per heavy atom. The smallest absolute Gasteiger partial charge is 0.235 e. The van der Waals surface area contributed by atoms with Crippen LogP contribution < -0.4 is 4.74 Å². The van der Waals surface area contributed by atoms with Crippen molar-refractivity contribution in [3.8, 4) is 5.75 Å². The van der Waals surface area contributed by atoms with Crippen molar-refractivity contribution in [3.05, 3.63) is 28.2 Å². The van der Waals surface area contributed by atoms with Gasteiger partial charge in [-0.1, -0.05) is 12.1 Å². The number of aliphatic imine (C=N–C) groups is 1. The second-order valence-corrected chi connectivity index (χ2v) is 3.97. The number of benzene rings is 1. The summed E-state index contributed by atoms with van der Waals surface area (Å²) in [4.78, 5) is 13.8. The fourth-order valence-electron chi connectivity index (χ4n) is 1.53. The van der Waals surface area contributed by atoms with Gasteiger partial charge in [-0.2, -0.15) is 4.99 Å². The average Bonchev–Trinajstić information content (AvgIpc) is 2.18. The molecular formula is C10H8BrNO2. The Morgan fingerprint density at radius 1 is 1.57 bits per heavy atom. The van der Waals surface area contributed by atoms with Crippen LogP contribution >= 0.6 is 15.9 Å². The number of halogens is 1. The summed E-state index contributed by atoms with van der Waals surface area (Å²) >= 11 is 3.41. The Morgan fingerprint density at radius 2 is 2.43 bits per heavy atom. The fourth-order valence-corrected chi connectivity index (χ4v) is 2.05. The molecule has 4 heteroatoms. The summed E-state index contributed by atoms with van der Waals surface area (Å²) in [6.07, 6.45) is 2.31. The highest BCUT2D eigenvalue weighted by atomic mass is 79.9. The van der Waals surface area contributed by atoms with Crippen molar-refractivity contribution >= 4 is 22.0 Å². The molecule has 0 bridgehead atoms. The molecule has 14 heavy (non-hydrogen) atoms. The van der Waals surface area contributed by atoms with E-state index in [2.05, 4.69) is 20.9 Å². The molecule has 72 valence electrons. The van der Waals surface area contributed by atoms with Gasteiger partial charge in [0, 0.05) is 6.42 Å². The van der Waals surface area contributed by atoms with Gasteiger partial charge < -0.3 is 4.74 Å². The second kappa shape index (κ2) is 3.95. The Balaban J connectivity index is 2.31. The van der Waals surface area contributed by atoms with Gasteiger partial charge in [-0.3, -0.25) is 0 Å². The van der Waals surface area contributed by atoms with Crippen molar-refractivity contribution in [3.63, 3.8) is 0 Å². The molecule has 0 N–H and O–H groups in total. The zero-order valence-electron chi connectivity index (χ0n) is 7.37. The third-order valence-electron chi connectivity index (χ3n) is 2.16. The van der Waals surface area contributed by atoms with Crippen LogP contribution in [0.4, 0.5) is 0 Å². The van der Waals surface area contributed by atoms with E-state index in [1.165, 1.54) is 0 Å². The van der Waals surface area contributed by atoms with Gasteiger partial charge >= 0.3 is 0 Å². The standard InChI is InChI=1S/C10H8BrNO2/c11-9-3-1-2-7-4-8(12-6-13)5-14-10(7)9/h1-3,8H,4-5H2. The minimum atomic E-state index is -0.0886. The Kier molecular flexibility index (Phi) is 2.66. The lowest BCUT2D eigenvalue weighted by molar-refractivity contribution is 0.262. The van der Waals surface area contributed by atoms with E-state index < -0.39 is 0 Å². The van der Waals surface area contributed by atoms with Gasteiger partial charge in [0.15, 0.2) is 0 Å². The molecule has 0 aliphatic carbocycles. The van der Waals surface area contributed by atoms with Crippen molar-refractivity contribution in [2.75, 3.05) is 6.61 Å². The number of carbonyl (C=O) groups excluding carboxylic acids is 1. The van der Waals surface area contributed by atoms with E-state index in [0.29, 0.717) is 6.61 Å². The van der Waals surface area contributed by atoms with Crippen molar-refractivity contribution < 1.29 is 9.53 Å². The fraction of sp³-hybridized carbons (Fsp3) is 0.300. The number of nitrogens with zero attached hydrogens (tertiary/aromatic N) is 1. The van der Waals surface area contributed by atoms with Gasteiger partial charge in [0.05, 0.1) is 4.47 Å². The van der Waals surface area contributed by atoms with Crippen molar-refractivity contribution in [2.45, 2.75) is 12.5 Å². The van der Waals surface area contributed by atoms with Crippen LogP contribution in [0.2, 0.25) is 0 Å². The second-order valence-electron chi connectivity index (χ2n) is 3.12. The lowest BCUT2D eigenvalue weighted by Gasteiger charge is -2.22. The van der Waals surface area contributed by atoms with Crippen molar-refractivity contribution in [1.82, 2.24) is 0 Å². The molecule has 0 fully saturated rings. The topological polar surface area (TPSA) is 38.7 Å². The molecule has 3 nitrogen and oxygen atoms in total. The maximum atomic E-state index is 10.1. The molecule has 1 aliphatic rings. The minimum absolute atomic E-state index is 0.0886. The number of hydrogen-bond donors (Lipinski definition) is 0. The van der Waals surface area contributed by atoms with Crippen LogP contribution in [0.15, 0.2) is 27.7 Å². The Labute approximate surface area is 89.9 Å². The SMILES string of the molecule is O=C=NC1COc2c(Br)cccc2C1. The van der Waals surface area contributed by atoms with Crippen LogP contribution in [0, 0.1) is 0 Å². The molecule has 1 unspecified atom stereocenters. The van der Waals surface area contributed by atoms with Crippen molar-refractivity contribution in [1.29, 1.82) is 0 Å². The number of fused-ring (bicyclic) bond motifs is 1. The lowest BCUT2D eigenvalue weighted by atomic mass is 10.0. The molecule has 0 saturated heterocycles. The van der Waals surface area contributed by atoms with E-state index >= 15 is 0 Å². The van der Waals surface area contributed by atoms with E-state index in [1.54, 1.807) is 6.08 Å². The average molecular weight is 254 g/mol.